The third kappa shape index (κ3) is 9.95. The molecule has 3 nitrogen and oxygen atoms in total. The predicted octanol–water partition coefficient (Wildman–Crippen LogP) is 3.85. The van der Waals surface area contributed by atoms with Gasteiger partial charge in [0.05, 0.1) is 6.42 Å². The highest BCUT2D eigenvalue weighted by Gasteiger charge is 2.23. The van der Waals surface area contributed by atoms with Crippen LogP contribution < -0.4 is 5.32 Å². The van der Waals surface area contributed by atoms with Crippen molar-refractivity contribution in [3.63, 3.8) is 0 Å². The van der Waals surface area contributed by atoms with Gasteiger partial charge >= 0.3 is 0 Å². The summed E-state index contributed by atoms with van der Waals surface area (Å²) in [7, 11) is 8.02. The number of carbonyl (C=O) groups is 1. The molecule has 1 unspecified atom stereocenters. The third-order valence-electron chi connectivity index (χ3n) is 3.34. The van der Waals surface area contributed by atoms with E-state index < -0.39 is 0 Å². The van der Waals surface area contributed by atoms with Crippen molar-refractivity contribution in [1.29, 1.82) is 0 Å². The van der Waals surface area contributed by atoms with Crippen LogP contribution in [0.2, 0.25) is 0 Å². The van der Waals surface area contributed by atoms with Crippen molar-refractivity contribution in [2.24, 2.45) is 0 Å². The van der Waals surface area contributed by atoms with Crippen LogP contribution in [-0.2, 0) is 11.2 Å². The van der Waals surface area contributed by atoms with Gasteiger partial charge in [0.1, 0.15) is 0 Å². The van der Waals surface area contributed by atoms with Crippen LogP contribution in [-0.4, -0.2) is 48.0 Å². The van der Waals surface area contributed by atoms with Crippen LogP contribution in [0.5, 0.6) is 0 Å². The second-order valence-electron chi connectivity index (χ2n) is 6.83. The van der Waals surface area contributed by atoms with Gasteiger partial charge in [-0.2, -0.15) is 0 Å². The maximum atomic E-state index is 12.2. The summed E-state index contributed by atoms with van der Waals surface area (Å²) >= 11 is 0. The summed E-state index contributed by atoms with van der Waals surface area (Å²) in [6.45, 7) is 7.55. The van der Waals surface area contributed by atoms with Gasteiger partial charge in [-0.15, -0.1) is 0 Å². The summed E-state index contributed by atoms with van der Waals surface area (Å²) < 4.78 is 0. The summed E-state index contributed by atoms with van der Waals surface area (Å²) in [5.41, 5.74) is 0.878. The molecule has 5 heteroatoms. The van der Waals surface area contributed by atoms with E-state index in [1.54, 1.807) is 0 Å². The molecule has 1 amide bonds. The summed E-state index contributed by atoms with van der Waals surface area (Å²) in [4.78, 5) is 14.4. The van der Waals surface area contributed by atoms with Crippen molar-refractivity contribution >= 4 is 27.5 Å². The number of hydrogen-bond donors (Lipinski definition) is 1. The van der Waals surface area contributed by atoms with Crippen molar-refractivity contribution in [2.45, 2.75) is 44.4 Å². The molecule has 0 saturated carbocycles. The minimum atomic E-state index is -0.180. The Labute approximate surface area is 149 Å². The second kappa shape index (κ2) is 10.3. The number of amides is 1. The highest BCUT2D eigenvalue weighted by Crippen LogP contribution is 2.31. The number of benzene rings is 1. The first-order valence-electron chi connectivity index (χ1n) is 8.06. The lowest BCUT2D eigenvalue weighted by atomic mass is 9.98. The van der Waals surface area contributed by atoms with E-state index in [0.717, 1.165) is 24.3 Å². The minimum absolute atomic E-state index is 0.0960. The molecule has 0 aromatic heterocycles. The molecule has 0 fully saturated rings. The van der Waals surface area contributed by atoms with E-state index in [1.807, 2.05) is 51.9 Å². The third-order valence-corrected chi connectivity index (χ3v) is 6.21. The van der Waals surface area contributed by atoms with Gasteiger partial charge in [-0.05, 0) is 39.9 Å². The summed E-state index contributed by atoms with van der Waals surface area (Å²) in [5.74, 6) is 1.22. The number of nitrogens with zero attached hydrogens (tertiary/aromatic N) is 1. The number of carbonyl (C=O) groups excluding carboxylic acids is 1. The molecule has 0 aliphatic rings. The van der Waals surface area contributed by atoms with Gasteiger partial charge in [-0.3, -0.25) is 4.79 Å². The normalized spacial score (nSPS) is 13.1. The molecule has 0 bridgehead atoms. The first-order valence-corrected chi connectivity index (χ1v) is 10.4. The molecular formula is C18H30N2OS2. The molecule has 0 heterocycles. The summed E-state index contributed by atoms with van der Waals surface area (Å²) in [6.07, 6.45) is 1.41. The van der Waals surface area contributed by atoms with Crippen LogP contribution in [0, 0.1) is 0 Å². The molecule has 0 radical (unpaired) electrons. The topological polar surface area (TPSA) is 32.3 Å². The smallest absolute Gasteiger partial charge is 0.224 e. The molecule has 0 aliphatic heterocycles. The molecule has 0 aliphatic carbocycles. The average molecular weight is 355 g/mol. The van der Waals surface area contributed by atoms with Crippen molar-refractivity contribution < 1.29 is 4.79 Å². The van der Waals surface area contributed by atoms with Gasteiger partial charge in [-0.1, -0.05) is 58.8 Å². The summed E-state index contributed by atoms with van der Waals surface area (Å²) in [6, 6.07) is 9.89. The van der Waals surface area contributed by atoms with E-state index in [0.29, 0.717) is 11.7 Å². The zero-order chi connectivity index (χ0) is 17.3. The van der Waals surface area contributed by atoms with Crippen molar-refractivity contribution in [2.75, 3.05) is 26.4 Å². The maximum absolute atomic E-state index is 12.2. The van der Waals surface area contributed by atoms with Crippen LogP contribution >= 0.6 is 21.6 Å². The molecule has 0 spiro atoms. The minimum Gasteiger partial charge on any atom is -0.351 e. The average Bonchev–Trinajstić information content (AvgIpc) is 2.43. The lowest BCUT2D eigenvalue weighted by Crippen LogP contribution is -2.45. The zero-order valence-corrected chi connectivity index (χ0v) is 16.6. The lowest BCUT2D eigenvalue weighted by molar-refractivity contribution is -0.122. The fourth-order valence-electron chi connectivity index (χ4n) is 2.39. The van der Waals surface area contributed by atoms with Gasteiger partial charge in [-0.25, -0.2) is 0 Å². The fraction of sp³-hybridized carbons (Fsp3) is 0.611. The Hall–Kier alpha value is -0.650. The van der Waals surface area contributed by atoms with E-state index in [9.17, 15) is 4.79 Å². The lowest BCUT2D eigenvalue weighted by Gasteiger charge is -2.29. The Balaban J connectivity index is 2.32. The predicted molar refractivity (Wildman–Crippen MR) is 105 cm³/mol. The van der Waals surface area contributed by atoms with Crippen LogP contribution in [0.15, 0.2) is 30.3 Å². The molecular weight excluding hydrogens is 324 g/mol. The highest BCUT2D eigenvalue weighted by molar-refractivity contribution is 8.76. The maximum Gasteiger partial charge on any atom is 0.224 e. The van der Waals surface area contributed by atoms with Crippen molar-refractivity contribution in [3.8, 4) is 0 Å². The fourth-order valence-corrected chi connectivity index (χ4v) is 5.06. The first kappa shape index (κ1) is 20.4. The second-order valence-corrected chi connectivity index (χ2v) is 9.76. The Kier molecular flexibility index (Phi) is 9.10. The molecule has 23 heavy (non-hydrogen) atoms. The van der Waals surface area contributed by atoms with Crippen molar-refractivity contribution in [3.05, 3.63) is 35.9 Å². The van der Waals surface area contributed by atoms with E-state index in [1.165, 1.54) is 0 Å². The molecule has 1 N–H and O–H groups in total. The van der Waals surface area contributed by atoms with Gasteiger partial charge < -0.3 is 10.2 Å². The molecule has 1 atom stereocenters. The highest BCUT2D eigenvalue weighted by atomic mass is 33.1. The number of hydrogen-bond acceptors (Lipinski definition) is 4. The van der Waals surface area contributed by atoms with Crippen LogP contribution in [0.4, 0.5) is 0 Å². The Morgan fingerprint density at radius 3 is 2.52 bits per heavy atom. The molecule has 1 aromatic carbocycles. The first-order chi connectivity index (χ1) is 10.8. The van der Waals surface area contributed by atoms with E-state index in [4.69, 9.17) is 0 Å². The Bertz CT molecular complexity index is 463. The van der Waals surface area contributed by atoms with Gasteiger partial charge in [0.25, 0.3) is 0 Å². The largest absolute Gasteiger partial charge is 0.351 e. The number of rotatable bonds is 10. The monoisotopic (exact) mass is 354 g/mol. The standard InChI is InChI=1S/C18H30N2OS2/c1-15(23-22-12-11-20(4)5)14-18(2,3)19-17(21)13-16-9-7-6-8-10-16/h6-10,15H,11-14H2,1-5H3,(H,19,21). The van der Waals surface area contributed by atoms with E-state index in [-0.39, 0.29) is 11.4 Å². The molecule has 0 saturated heterocycles. The van der Waals surface area contributed by atoms with Gasteiger partial charge in [0, 0.05) is 23.1 Å². The molecule has 1 rings (SSSR count). The van der Waals surface area contributed by atoms with Gasteiger partial charge in [0.15, 0.2) is 0 Å². The SMILES string of the molecule is CC(CC(C)(C)NC(=O)Cc1ccccc1)SSCCN(C)C. The summed E-state index contributed by atoms with van der Waals surface area (Å²) in [5, 5.41) is 3.68. The van der Waals surface area contributed by atoms with Crippen molar-refractivity contribution in [1.82, 2.24) is 10.2 Å². The van der Waals surface area contributed by atoms with Crippen LogP contribution in [0.1, 0.15) is 32.8 Å². The van der Waals surface area contributed by atoms with Crippen LogP contribution in [0.25, 0.3) is 0 Å². The van der Waals surface area contributed by atoms with E-state index >= 15 is 0 Å². The Morgan fingerprint density at radius 2 is 1.91 bits per heavy atom. The van der Waals surface area contributed by atoms with E-state index in [2.05, 4.69) is 45.1 Å². The zero-order valence-electron chi connectivity index (χ0n) is 15.0. The number of nitrogens with one attached hydrogen (secondary N) is 1. The van der Waals surface area contributed by atoms with Gasteiger partial charge in [0.2, 0.25) is 5.91 Å². The van der Waals surface area contributed by atoms with Crippen LogP contribution in [0.3, 0.4) is 0 Å². The molecule has 1 aromatic rings. The molecule has 130 valence electrons. The Morgan fingerprint density at radius 1 is 1.26 bits per heavy atom. The quantitative estimate of drug-likeness (QED) is 0.511.